The highest BCUT2D eigenvalue weighted by atomic mass is 79.9. The van der Waals surface area contributed by atoms with E-state index in [0.29, 0.717) is 0 Å². The normalized spacial score (nSPS) is 11.7. The summed E-state index contributed by atoms with van der Waals surface area (Å²) in [5, 5.41) is 10.1. The van der Waals surface area contributed by atoms with Crippen LogP contribution in [0.4, 0.5) is 0 Å². The molecule has 0 aromatic heterocycles. The predicted octanol–water partition coefficient (Wildman–Crippen LogP) is 9.49. The molecule has 0 bridgehead atoms. The molecule has 0 N–H and O–H groups in total. The maximum Gasteiger partial charge on any atom is 0.0261 e. The summed E-state index contributed by atoms with van der Waals surface area (Å²) in [6.45, 7) is 0. The van der Waals surface area contributed by atoms with Crippen molar-refractivity contribution in [2.45, 2.75) is 0 Å². The zero-order valence-electron chi connectivity index (χ0n) is 16.0. The smallest absolute Gasteiger partial charge is 0.0261 e. The highest BCUT2D eigenvalue weighted by Crippen LogP contribution is 2.46. The van der Waals surface area contributed by atoms with Crippen molar-refractivity contribution in [2.75, 3.05) is 0 Å². The quantitative estimate of drug-likeness (QED) is 0.193. The van der Waals surface area contributed by atoms with E-state index in [1.807, 2.05) is 0 Å². The summed E-state index contributed by atoms with van der Waals surface area (Å²) in [5.41, 5.74) is 2.47. The van der Waals surface area contributed by atoms with Crippen LogP contribution in [-0.4, -0.2) is 0 Å². The lowest BCUT2D eigenvalue weighted by Crippen LogP contribution is -1.90. The van der Waals surface area contributed by atoms with Crippen LogP contribution in [0.3, 0.4) is 0 Å². The molecule has 6 aromatic rings. The third-order valence-corrected chi connectivity index (χ3v) is 7.29. The van der Waals surface area contributed by atoms with E-state index in [9.17, 15) is 0 Å². The molecule has 0 fully saturated rings. The first-order chi connectivity index (χ1) is 14.7. The molecule has 0 heterocycles. The molecule has 0 aliphatic heterocycles. The van der Waals surface area contributed by atoms with E-state index in [4.69, 9.17) is 0 Å². The third kappa shape index (κ3) is 2.64. The maximum atomic E-state index is 3.90. The Labute approximate surface area is 191 Å². The number of hydrogen-bond donors (Lipinski definition) is 0. The number of halogens is 2. The Kier molecular flexibility index (Phi) is 4.19. The molecule has 6 aromatic carbocycles. The second-order valence-corrected chi connectivity index (χ2v) is 9.32. The lowest BCUT2D eigenvalue weighted by molar-refractivity contribution is 1.64. The molecule has 0 amide bonds. The van der Waals surface area contributed by atoms with E-state index < -0.39 is 0 Å². The average molecular weight is 512 g/mol. The van der Waals surface area contributed by atoms with Gasteiger partial charge in [-0.2, -0.15) is 0 Å². The van der Waals surface area contributed by atoms with Gasteiger partial charge in [-0.3, -0.25) is 0 Å². The first kappa shape index (κ1) is 18.1. The molecule has 0 unspecified atom stereocenters. The minimum absolute atomic E-state index is 1.10. The molecular weight excluding hydrogens is 496 g/mol. The van der Waals surface area contributed by atoms with Gasteiger partial charge in [-0.15, -0.1) is 0 Å². The summed E-state index contributed by atoms with van der Waals surface area (Å²) in [7, 11) is 0. The molecule has 0 saturated carbocycles. The van der Waals surface area contributed by atoms with E-state index in [-0.39, 0.29) is 0 Å². The predicted molar refractivity (Wildman–Crippen MR) is 137 cm³/mol. The van der Waals surface area contributed by atoms with Gasteiger partial charge in [0.05, 0.1) is 0 Å². The van der Waals surface area contributed by atoms with E-state index in [2.05, 4.69) is 129 Å². The minimum atomic E-state index is 1.10. The Balaban J connectivity index is 1.90. The lowest BCUT2D eigenvalue weighted by atomic mass is 9.89. The molecule has 30 heavy (non-hydrogen) atoms. The number of hydrogen-bond acceptors (Lipinski definition) is 0. The molecule has 0 nitrogen and oxygen atoms in total. The van der Waals surface area contributed by atoms with Crippen molar-refractivity contribution in [3.05, 3.63) is 106 Å². The fourth-order valence-corrected chi connectivity index (χ4v) is 5.69. The Hall–Kier alpha value is -2.68. The first-order valence-corrected chi connectivity index (χ1v) is 11.5. The monoisotopic (exact) mass is 510 g/mol. The average Bonchev–Trinajstić information content (AvgIpc) is 2.79. The lowest BCUT2D eigenvalue weighted by Gasteiger charge is -2.17. The molecule has 2 heteroatoms. The van der Waals surface area contributed by atoms with Crippen molar-refractivity contribution in [3.63, 3.8) is 0 Å². The summed E-state index contributed by atoms with van der Waals surface area (Å²) >= 11 is 7.81. The van der Waals surface area contributed by atoms with Gasteiger partial charge < -0.3 is 0 Å². The highest BCUT2D eigenvalue weighted by Gasteiger charge is 2.18. The van der Waals surface area contributed by atoms with Crippen molar-refractivity contribution in [1.29, 1.82) is 0 Å². The van der Waals surface area contributed by atoms with Crippen LogP contribution in [0.2, 0.25) is 0 Å². The molecular formula is C28H16Br2. The Morgan fingerprint density at radius 1 is 0.367 bits per heavy atom. The number of fused-ring (bicyclic) bond motifs is 6. The van der Waals surface area contributed by atoms with Crippen LogP contribution >= 0.6 is 31.9 Å². The van der Waals surface area contributed by atoms with Gasteiger partial charge in [0.2, 0.25) is 0 Å². The zero-order chi connectivity index (χ0) is 20.2. The third-order valence-electron chi connectivity index (χ3n) is 5.97. The van der Waals surface area contributed by atoms with Gasteiger partial charge in [0.1, 0.15) is 0 Å². The van der Waals surface area contributed by atoms with Gasteiger partial charge in [0.15, 0.2) is 0 Å². The minimum Gasteiger partial charge on any atom is -0.0616 e. The van der Waals surface area contributed by atoms with E-state index >= 15 is 0 Å². The van der Waals surface area contributed by atoms with Crippen molar-refractivity contribution >= 4 is 74.9 Å². The largest absolute Gasteiger partial charge is 0.0616 e. The van der Waals surface area contributed by atoms with Crippen molar-refractivity contribution in [1.82, 2.24) is 0 Å². The van der Waals surface area contributed by atoms with Crippen LogP contribution in [0.15, 0.2) is 106 Å². The van der Waals surface area contributed by atoms with Gasteiger partial charge in [0, 0.05) is 20.1 Å². The van der Waals surface area contributed by atoms with Gasteiger partial charge in [-0.25, -0.2) is 0 Å². The Morgan fingerprint density at radius 3 is 1.20 bits per heavy atom. The summed E-state index contributed by atoms with van der Waals surface area (Å²) in [6.07, 6.45) is 0. The summed E-state index contributed by atoms with van der Waals surface area (Å²) in [5.74, 6) is 0. The van der Waals surface area contributed by atoms with Crippen LogP contribution in [0.1, 0.15) is 0 Å². The standard InChI is InChI=1S/C28H16Br2/c29-23-15-13-19-11-9-17-5-1-3-7-21(17)25(19)27(23)28-24(30)16-14-20-12-10-18-6-2-4-8-22(18)26(20)28/h1-16H. The maximum absolute atomic E-state index is 3.90. The first-order valence-electron chi connectivity index (χ1n) is 9.93. The van der Waals surface area contributed by atoms with Crippen LogP contribution in [-0.2, 0) is 0 Å². The van der Waals surface area contributed by atoms with Crippen molar-refractivity contribution in [3.8, 4) is 11.1 Å². The molecule has 0 saturated heterocycles. The van der Waals surface area contributed by atoms with E-state index in [1.165, 1.54) is 54.2 Å². The van der Waals surface area contributed by atoms with Gasteiger partial charge >= 0.3 is 0 Å². The van der Waals surface area contributed by atoms with Gasteiger partial charge in [-0.05, 0) is 55.2 Å². The topological polar surface area (TPSA) is 0 Å². The van der Waals surface area contributed by atoms with Crippen molar-refractivity contribution in [2.24, 2.45) is 0 Å². The van der Waals surface area contributed by atoms with Crippen LogP contribution in [0.5, 0.6) is 0 Å². The number of rotatable bonds is 1. The van der Waals surface area contributed by atoms with E-state index in [1.54, 1.807) is 0 Å². The van der Waals surface area contributed by atoms with E-state index in [0.717, 1.165) is 8.95 Å². The van der Waals surface area contributed by atoms with Crippen LogP contribution < -0.4 is 0 Å². The fourth-order valence-electron chi connectivity index (χ4n) is 4.63. The Morgan fingerprint density at radius 2 is 0.733 bits per heavy atom. The molecule has 142 valence electrons. The van der Waals surface area contributed by atoms with Crippen molar-refractivity contribution < 1.29 is 0 Å². The second-order valence-electron chi connectivity index (χ2n) is 7.61. The zero-order valence-corrected chi connectivity index (χ0v) is 19.2. The van der Waals surface area contributed by atoms with Crippen LogP contribution in [0.25, 0.3) is 54.2 Å². The highest BCUT2D eigenvalue weighted by molar-refractivity contribution is 9.11. The molecule has 0 radical (unpaired) electrons. The molecule has 0 aliphatic rings. The number of benzene rings is 6. The van der Waals surface area contributed by atoms with Gasteiger partial charge in [-0.1, -0.05) is 117 Å². The Bertz CT molecular complexity index is 1490. The molecule has 0 aliphatic carbocycles. The summed E-state index contributed by atoms with van der Waals surface area (Å²) < 4.78 is 2.21. The van der Waals surface area contributed by atoms with Crippen LogP contribution in [0, 0.1) is 0 Å². The second kappa shape index (κ2) is 6.94. The van der Waals surface area contributed by atoms with Gasteiger partial charge in [0.25, 0.3) is 0 Å². The molecule has 6 rings (SSSR count). The summed E-state index contributed by atoms with van der Waals surface area (Å²) in [4.78, 5) is 0. The fraction of sp³-hybridized carbons (Fsp3) is 0. The summed E-state index contributed by atoms with van der Waals surface area (Å²) in [6, 6.07) is 34.9. The molecule has 0 atom stereocenters. The SMILES string of the molecule is Brc1ccc2ccc3ccccc3c2c1-c1c(Br)ccc2ccc3ccccc3c12. The molecule has 0 spiro atoms.